The number of halogens is 1. The van der Waals surface area contributed by atoms with Gasteiger partial charge in [0, 0.05) is 4.83 Å². The number of hydrogen-bond donors (Lipinski definition) is 0. The summed E-state index contributed by atoms with van der Waals surface area (Å²) in [5.74, 6) is -0.0821. The van der Waals surface area contributed by atoms with Crippen molar-refractivity contribution in [2.75, 3.05) is 0 Å². The van der Waals surface area contributed by atoms with Crippen molar-refractivity contribution in [2.45, 2.75) is 24.3 Å². The molecule has 1 fully saturated rings. The van der Waals surface area contributed by atoms with Crippen LogP contribution in [-0.4, -0.2) is 16.9 Å². The van der Waals surface area contributed by atoms with Crippen LogP contribution in [0.15, 0.2) is 0 Å². The molecule has 0 amide bonds. The van der Waals surface area contributed by atoms with E-state index in [9.17, 15) is 4.79 Å². The van der Waals surface area contributed by atoms with Crippen LogP contribution in [0.4, 0.5) is 0 Å². The fourth-order valence-electron chi connectivity index (χ4n) is 0.580. The Labute approximate surface area is 56.3 Å². The van der Waals surface area contributed by atoms with Crippen molar-refractivity contribution >= 4 is 21.9 Å². The number of ether oxygens (including phenoxy) is 1. The minimum absolute atomic E-state index is 0.0821. The molecule has 0 aromatic rings. The Bertz CT molecular complexity index is 103. The summed E-state index contributed by atoms with van der Waals surface area (Å²) < 4.78 is 4.71. The van der Waals surface area contributed by atoms with Gasteiger partial charge in [0.15, 0.2) is 0 Å². The second-order valence-electron chi connectivity index (χ2n) is 1.91. The standard InChI is InChI=1S/C5H7BrO2/c1-3(6)4-2-5(7)8-4/h3-4H,2H2,1H3. The van der Waals surface area contributed by atoms with Crippen molar-refractivity contribution in [1.82, 2.24) is 0 Å². The molecule has 1 aliphatic heterocycles. The third-order valence-electron chi connectivity index (χ3n) is 1.16. The fraction of sp³-hybridized carbons (Fsp3) is 0.800. The lowest BCUT2D eigenvalue weighted by Crippen LogP contribution is -2.38. The van der Waals surface area contributed by atoms with Crippen molar-refractivity contribution in [3.05, 3.63) is 0 Å². The zero-order valence-corrected chi connectivity index (χ0v) is 6.14. The number of alkyl halides is 1. The molecule has 1 saturated heterocycles. The van der Waals surface area contributed by atoms with Gasteiger partial charge in [-0.2, -0.15) is 0 Å². The SMILES string of the molecule is CC(Br)C1CC(=O)O1. The predicted molar refractivity (Wildman–Crippen MR) is 32.9 cm³/mol. The molecule has 2 unspecified atom stereocenters. The molecule has 0 radical (unpaired) electrons. The normalized spacial score (nSPS) is 30.8. The van der Waals surface area contributed by atoms with Crippen molar-refractivity contribution < 1.29 is 9.53 Å². The lowest BCUT2D eigenvalue weighted by molar-refractivity contribution is -0.168. The zero-order valence-electron chi connectivity index (χ0n) is 4.56. The van der Waals surface area contributed by atoms with Gasteiger partial charge in [0.2, 0.25) is 0 Å². The van der Waals surface area contributed by atoms with Gasteiger partial charge in [-0.15, -0.1) is 0 Å². The maximum absolute atomic E-state index is 10.2. The molecule has 0 aliphatic carbocycles. The summed E-state index contributed by atoms with van der Waals surface area (Å²) in [7, 11) is 0. The van der Waals surface area contributed by atoms with Gasteiger partial charge in [-0.3, -0.25) is 4.79 Å². The maximum Gasteiger partial charge on any atom is 0.309 e. The van der Waals surface area contributed by atoms with E-state index in [-0.39, 0.29) is 12.1 Å². The molecule has 0 N–H and O–H groups in total. The number of cyclic esters (lactones) is 1. The molecule has 1 heterocycles. The van der Waals surface area contributed by atoms with E-state index >= 15 is 0 Å². The van der Waals surface area contributed by atoms with Gasteiger partial charge in [-0.1, -0.05) is 15.9 Å². The lowest BCUT2D eigenvalue weighted by Gasteiger charge is -2.27. The van der Waals surface area contributed by atoms with E-state index < -0.39 is 0 Å². The van der Waals surface area contributed by atoms with Gasteiger partial charge in [0.1, 0.15) is 6.10 Å². The molecule has 0 aromatic carbocycles. The summed E-state index contributed by atoms with van der Waals surface area (Å²) in [6.45, 7) is 1.97. The van der Waals surface area contributed by atoms with E-state index in [0.29, 0.717) is 11.2 Å². The molecule has 3 heteroatoms. The van der Waals surface area contributed by atoms with Crippen LogP contribution in [-0.2, 0) is 9.53 Å². The van der Waals surface area contributed by atoms with E-state index in [1.807, 2.05) is 6.92 Å². The molecule has 0 spiro atoms. The summed E-state index contributed by atoms with van der Waals surface area (Å²) in [6.07, 6.45) is 0.703. The summed E-state index contributed by atoms with van der Waals surface area (Å²) in [4.78, 5) is 10.5. The Kier molecular flexibility index (Phi) is 1.56. The van der Waals surface area contributed by atoms with Crippen LogP contribution in [0.1, 0.15) is 13.3 Å². The summed E-state index contributed by atoms with van der Waals surface area (Å²) in [6, 6.07) is 0. The van der Waals surface area contributed by atoms with Crippen LogP contribution in [0.5, 0.6) is 0 Å². The first-order chi connectivity index (χ1) is 3.70. The summed E-state index contributed by atoms with van der Waals surface area (Å²) in [5.41, 5.74) is 0. The molecule has 1 rings (SSSR count). The molecule has 0 saturated carbocycles. The Balaban J connectivity index is 2.25. The van der Waals surface area contributed by atoms with E-state index in [0.717, 1.165) is 0 Å². The van der Waals surface area contributed by atoms with E-state index in [1.165, 1.54) is 0 Å². The second-order valence-corrected chi connectivity index (χ2v) is 3.35. The van der Waals surface area contributed by atoms with Crippen molar-refractivity contribution in [3.63, 3.8) is 0 Å². The average molecular weight is 179 g/mol. The van der Waals surface area contributed by atoms with E-state index in [2.05, 4.69) is 15.9 Å². The molecule has 2 nitrogen and oxygen atoms in total. The van der Waals surface area contributed by atoms with E-state index in [4.69, 9.17) is 4.74 Å². The second kappa shape index (κ2) is 2.05. The van der Waals surface area contributed by atoms with Crippen LogP contribution in [0.25, 0.3) is 0 Å². The minimum Gasteiger partial charge on any atom is -0.460 e. The number of rotatable bonds is 1. The van der Waals surface area contributed by atoms with Gasteiger partial charge >= 0.3 is 5.97 Å². The van der Waals surface area contributed by atoms with Crippen molar-refractivity contribution in [1.29, 1.82) is 0 Å². The highest BCUT2D eigenvalue weighted by molar-refractivity contribution is 9.09. The zero-order chi connectivity index (χ0) is 6.15. The molecule has 0 bridgehead atoms. The largest absolute Gasteiger partial charge is 0.460 e. The highest BCUT2D eigenvalue weighted by Crippen LogP contribution is 2.21. The molecular weight excluding hydrogens is 172 g/mol. The van der Waals surface area contributed by atoms with Gasteiger partial charge in [-0.25, -0.2) is 0 Å². The smallest absolute Gasteiger partial charge is 0.309 e. The van der Waals surface area contributed by atoms with Crippen LogP contribution >= 0.6 is 15.9 Å². The Morgan fingerprint density at radius 2 is 2.50 bits per heavy atom. The first-order valence-corrected chi connectivity index (χ1v) is 3.45. The maximum atomic E-state index is 10.2. The number of esters is 1. The minimum atomic E-state index is -0.0821. The van der Waals surface area contributed by atoms with Crippen LogP contribution in [0.2, 0.25) is 0 Å². The van der Waals surface area contributed by atoms with Crippen LogP contribution < -0.4 is 0 Å². The van der Waals surface area contributed by atoms with Crippen LogP contribution in [0.3, 0.4) is 0 Å². The molecular formula is C5H7BrO2. The van der Waals surface area contributed by atoms with Gasteiger partial charge < -0.3 is 4.74 Å². The summed E-state index contributed by atoms with van der Waals surface area (Å²) >= 11 is 3.30. The molecule has 46 valence electrons. The van der Waals surface area contributed by atoms with E-state index in [1.54, 1.807) is 0 Å². The Hall–Kier alpha value is -0.0500. The molecule has 0 aromatic heterocycles. The molecule has 2 atom stereocenters. The monoisotopic (exact) mass is 178 g/mol. The third kappa shape index (κ3) is 1.02. The first-order valence-electron chi connectivity index (χ1n) is 2.53. The number of hydrogen-bond acceptors (Lipinski definition) is 2. The van der Waals surface area contributed by atoms with Gasteiger partial charge in [0.25, 0.3) is 0 Å². The first kappa shape index (κ1) is 6.08. The fourth-order valence-corrected chi connectivity index (χ4v) is 0.874. The molecule has 1 aliphatic rings. The van der Waals surface area contributed by atoms with Gasteiger partial charge in [-0.05, 0) is 6.92 Å². The quantitative estimate of drug-likeness (QED) is 0.444. The van der Waals surface area contributed by atoms with Gasteiger partial charge in [0.05, 0.1) is 6.42 Å². The number of carbonyl (C=O) groups is 1. The Morgan fingerprint density at radius 3 is 2.62 bits per heavy atom. The van der Waals surface area contributed by atoms with Crippen LogP contribution in [0, 0.1) is 0 Å². The topological polar surface area (TPSA) is 26.3 Å². The molecule has 8 heavy (non-hydrogen) atoms. The average Bonchev–Trinajstić information content (AvgIpc) is 1.57. The lowest BCUT2D eigenvalue weighted by atomic mass is 10.1. The highest BCUT2D eigenvalue weighted by Gasteiger charge is 2.31. The third-order valence-corrected chi connectivity index (χ3v) is 1.75. The summed E-state index contributed by atoms with van der Waals surface area (Å²) in [5, 5.41) is 0. The highest BCUT2D eigenvalue weighted by atomic mass is 79.9. The van der Waals surface area contributed by atoms with Crippen molar-refractivity contribution in [2.24, 2.45) is 0 Å². The van der Waals surface area contributed by atoms with Crippen molar-refractivity contribution in [3.8, 4) is 0 Å². The predicted octanol–water partition coefficient (Wildman–Crippen LogP) is 1.09. The Morgan fingerprint density at radius 1 is 2.00 bits per heavy atom. The number of carbonyl (C=O) groups excluding carboxylic acids is 1.